The van der Waals surface area contributed by atoms with E-state index in [1.54, 1.807) is 6.92 Å². The van der Waals surface area contributed by atoms with Gasteiger partial charge in [0.2, 0.25) is 0 Å². The number of hydrogen-bond acceptors (Lipinski definition) is 1. The largest absolute Gasteiger partial charge is 0.478 e. The molecule has 1 atom stereocenters. The number of unbranched alkanes of at least 4 members (excludes halogenated alkanes) is 7. The van der Waals surface area contributed by atoms with Gasteiger partial charge in [-0.3, -0.25) is 0 Å². The predicted octanol–water partition coefficient (Wildman–Crippen LogP) is 5.96. The van der Waals surface area contributed by atoms with Gasteiger partial charge in [-0.25, -0.2) is 4.79 Å². The number of rotatable bonds is 13. The summed E-state index contributed by atoms with van der Waals surface area (Å²) in [6.45, 7) is 6.31. The van der Waals surface area contributed by atoms with Crippen molar-refractivity contribution in [1.82, 2.24) is 0 Å². The van der Waals surface area contributed by atoms with Crippen molar-refractivity contribution < 1.29 is 9.90 Å². The van der Waals surface area contributed by atoms with Crippen molar-refractivity contribution in [1.29, 1.82) is 0 Å². The fourth-order valence-corrected chi connectivity index (χ4v) is 2.46. The van der Waals surface area contributed by atoms with Crippen molar-refractivity contribution >= 4 is 5.97 Å². The molecule has 0 aromatic heterocycles. The van der Waals surface area contributed by atoms with Crippen molar-refractivity contribution in [2.24, 2.45) is 5.92 Å². The Hall–Kier alpha value is -0.790. The van der Waals surface area contributed by atoms with Crippen molar-refractivity contribution in [3.05, 3.63) is 11.6 Å². The molecule has 20 heavy (non-hydrogen) atoms. The molecule has 1 unspecified atom stereocenters. The minimum absolute atomic E-state index is 0.478. The van der Waals surface area contributed by atoms with Crippen LogP contribution in [0.5, 0.6) is 0 Å². The summed E-state index contributed by atoms with van der Waals surface area (Å²) in [6, 6.07) is 0. The first kappa shape index (κ1) is 19.2. The molecule has 1 N–H and O–H groups in total. The maximum atomic E-state index is 10.6. The highest BCUT2D eigenvalue weighted by molar-refractivity contribution is 5.85. The minimum atomic E-state index is -0.790. The van der Waals surface area contributed by atoms with Crippen molar-refractivity contribution in [2.45, 2.75) is 91.4 Å². The Morgan fingerprint density at radius 2 is 1.55 bits per heavy atom. The molecule has 0 rings (SSSR count). The van der Waals surface area contributed by atoms with Gasteiger partial charge in [0.15, 0.2) is 0 Å². The normalized spacial score (nSPS) is 13.4. The molecule has 0 radical (unpaired) electrons. The Morgan fingerprint density at radius 1 is 1.00 bits per heavy atom. The van der Waals surface area contributed by atoms with Crippen LogP contribution in [0.4, 0.5) is 0 Å². The maximum Gasteiger partial charge on any atom is 0.330 e. The standard InChI is InChI=1S/C18H34O2/c1-4-5-6-10-13-16(2)14-11-8-7-9-12-15-17(3)18(19)20/h15-16H,4-14H2,1-3H3,(H,19,20). The number of hydrogen-bond donors (Lipinski definition) is 1. The van der Waals surface area contributed by atoms with E-state index in [9.17, 15) is 4.79 Å². The molecule has 0 heterocycles. The minimum Gasteiger partial charge on any atom is -0.478 e. The molecule has 2 nitrogen and oxygen atoms in total. The fourth-order valence-electron chi connectivity index (χ4n) is 2.46. The summed E-state index contributed by atoms with van der Waals surface area (Å²) in [5.41, 5.74) is 0.478. The third-order valence-electron chi connectivity index (χ3n) is 3.99. The van der Waals surface area contributed by atoms with E-state index in [4.69, 9.17) is 5.11 Å². The van der Waals surface area contributed by atoms with Crippen LogP contribution in [0.2, 0.25) is 0 Å². The van der Waals surface area contributed by atoms with Crippen LogP contribution >= 0.6 is 0 Å². The highest BCUT2D eigenvalue weighted by Crippen LogP contribution is 2.17. The van der Waals surface area contributed by atoms with Gasteiger partial charge in [-0.2, -0.15) is 0 Å². The lowest BCUT2D eigenvalue weighted by Crippen LogP contribution is -1.96. The van der Waals surface area contributed by atoms with Gasteiger partial charge in [0.05, 0.1) is 0 Å². The predicted molar refractivity (Wildman–Crippen MR) is 87.0 cm³/mol. The van der Waals surface area contributed by atoms with Gasteiger partial charge in [0, 0.05) is 5.57 Å². The van der Waals surface area contributed by atoms with Gasteiger partial charge in [0.25, 0.3) is 0 Å². The first-order chi connectivity index (χ1) is 9.57. The quantitative estimate of drug-likeness (QED) is 0.334. The summed E-state index contributed by atoms with van der Waals surface area (Å²) in [4.78, 5) is 10.6. The van der Waals surface area contributed by atoms with E-state index in [0.717, 1.165) is 18.8 Å². The third-order valence-corrected chi connectivity index (χ3v) is 3.99. The highest BCUT2D eigenvalue weighted by atomic mass is 16.4. The Bertz CT molecular complexity index is 269. The average Bonchev–Trinajstić information content (AvgIpc) is 2.42. The molecular weight excluding hydrogens is 248 g/mol. The maximum absolute atomic E-state index is 10.6. The average molecular weight is 282 g/mol. The van der Waals surface area contributed by atoms with E-state index in [-0.39, 0.29) is 0 Å². The highest BCUT2D eigenvalue weighted by Gasteiger charge is 2.02. The van der Waals surface area contributed by atoms with Crippen LogP contribution in [0.1, 0.15) is 91.4 Å². The van der Waals surface area contributed by atoms with E-state index in [0.29, 0.717) is 5.57 Å². The molecule has 0 aromatic carbocycles. The smallest absolute Gasteiger partial charge is 0.330 e. The molecule has 0 aliphatic heterocycles. The first-order valence-electron chi connectivity index (χ1n) is 8.48. The van der Waals surface area contributed by atoms with E-state index in [1.807, 2.05) is 6.08 Å². The zero-order chi connectivity index (χ0) is 15.2. The van der Waals surface area contributed by atoms with Crippen molar-refractivity contribution in [2.75, 3.05) is 0 Å². The fraction of sp³-hybridized carbons (Fsp3) is 0.833. The number of carboxylic acids is 1. The number of carboxylic acid groups (broad SMARTS) is 1. The molecule has 0 spiro atoms. The second kappa shape index (κ2) is 13.2. The van der Waals surface area contributed by atoms with Gasteiger partial charge in [0.1, 0.15) is 0 Å². The van der Waals surface area contributed by atoms with Crippen LogP contribution < -0.4 is 0 Å². The molecular formula is C18H34O2. The Labute approximate surface area is 125 Å². The molecule has 0 amide bonds. The molecule has 0 saturated carbocycles. The van der Waals surface area contributed by atoms with E-state index >= 15 is 0 Å². The summed E-state index contributed by atoms with van der Waals surface area (Å²) < 4.78 is 0. The monoisotopic (exact) mass is 282 g/mol. The number of aliphatic carboxylic acids is 1. The van der Waals surface area contributed by atoms with Crippen LogP contribution in [0, 0.1) is 5.92 Å². The zero-order valence-corrected chi connectivity index (χ0v) is 13.8. The second-order valence-corrected chi connectivity index (χ2v) is 6.14. The lowest BCUT2D eigenvalue weighted by atomic mass is 9.96. The molecule has 2 heteroatoms. The molecule has 0 aliphatic rings. The summed E-state index contributed by atoms with van der Waals surface area (Å²) in [7, 11) is 0. The SMILES string of the molecule is CCCCCCC(C)CCCCCCC=C(C)C(=O)O. The molecule has 0 aliphatic carbocycles. The lowest BCUT2D eigenvalue weighted by Gasteiger charge is -2.10. The van der Waals surface area contributed by atoms with Crippen LogP contribution in [0.25, 0.3) is 0 Å². The summed E-state index contributed by atoms with van der Waals surface area (Å²) in [5.74, 6) is 0.0860. The van der Waals surface area contributed by atoms with Gasteiger partial charge in [-0.05, 0) is 25.7 Å². The third kappa shape index (κ3) is 12.3. The van der Waals surface area contributed by atoms with Gasteiger partial charge in [-0.15, -0.1) is 0 Å². The molecule has 0 aromatic rings. The van der Waals surface area contributed by atoms with Crippen LogP contribution in [0.15, 0.2) is 11.6 Å². The lowest BCUT2D eigenvalue weighted by molar-refractivity contribution is -0.132. The van der Waals surface area contributed by atoms with Crippen LogP contribution in [-0.2, 0) is 4.79 Å². The van der Waals surface area contributed by atoms with E-state index in [2.05, 4.69) is 13.8 Å². The van der Waals surface area contributed by atoms with E-state index in [1.165, 1.54) is 57.8 Å². The Balaban J connectivity index is 3.35. The summed E-state index contributed by atoms with van der Waals surface area (Å²) in [5, 5.41) is 8.72. The van der Waals surface area contributed by atoms with E-state index < -0.39 is 5.97 Å². The molecule has 0 fully saturated rings. The van der Waals surface area contributed by atoms with Crippen molar-refractivity contribution in [3.8, 4) is 0 Å². The van der Waals surface area contributed by atoms with Gasteiger partial charge in [-0.1, -0.05) is 77.7 Å². The Morgan fingerprint density at radius 3 is 2.10 bits per heavy atom. The van der Waals surface area contributed by atoms with Gasteiger partial charge < -0.3 is 5.11 Å². The number of carbonyl (C=O) groups is 1. The number of allylic oxidation sites excluding steroid dienone is 1. The molecule has 0 saturated heterocycles. The Kier molecular flexibility index (Phi) is 12.7. The zero-order valence-electron chi connectivity index (χ0n) is 13.8. The summed E-state index contributed by atoms with van der Waals surface area (Å²) in [6.07, 6.45) is 16.0. The van der Waals surface area contributed by atoms with Gasteiger partial charge >= 0.3 is 5.97 Å². The molecule has 118 valence electrons. The van der Waals surface area contributed by atoms with Crippen LogP contribution in [0.3, 0.4) is 0 Å². The van der Waals surface area contributed by atoms with Crippen molar-refractivity contribution in [3.63, 3.8) is 0 Å². The molecule has 0 bridgehead atoms. The summed E-state index contributed by atoms with van der Waals surface area (Å²) >= 11 is 0. The second-order valence-electron chi connectivity index (χ2n) is 6.14. The van der Waals surface area contributed by atoms with Crippen LogP contribution in [-0.4, -0.2) is 11.1 Å². The first-order valence-corrected chi connectivity index (χ1v) is 8.48. The topological polar surface area (TPSA) is 37.3 Å².